The zero-order valence-electron chi connectivity index (χ0n) is 11.0. The maximum atomic E-state index is 12.3. The highest BCUT2D eigenvalue weighted by Gasteiger charge is 2.15. The summed E-state index contributed by atoms with van der Waals surface area (Å²) >= 11 is 3.26. The predicted molar refractivity (Wildman–Crippen MR) is 83.2 cm³/mol. The number of hydrogen-bond acceptors (Lipinski definition) is 3. The first-order chi connectivity index (χ1) is 9.53. The van der Waals surface area contributed by atoms with Crippen LogP contribution in [0.3, 0.4) is 0 Å². The molecule has 0 aliphatic rings. The van der Waals surface area contributed by atoms with Crippen LogP contribution in [0.5, 0.6) is 0 Å². The molecule has 1 aromatic carbocycles. The van der Waals surface area contributed by atoms with Gasteiger partial charge in [0.05, 0.1) is 9.37 Å². The molecule has 0 aliphatic heterocycles. The first-order valence-corrected chi connectivity index (χ1v) is 8.53. The van der Waals surface area contributed by atoms with Crippen LogP contribution in [0.15, 0.2) is 52.0 Å². The topological polar surface area (TPSA) is 59.1 Å². The second-order valence-corrected chi connectivity index (χ2v) is 6.87. The molecule has 0 fully saturated rings. The fourth-order valence-electron chi connectivity index (χ4n) is 1.77. The fraction of sp³-hybridized carbons (Fsp3) is 0.214. The molecule has 0 saturated heterocycles. The van der Waals surface area contributed by atoms with E-state index in [0.717, 1.165) is 18.4 Å². The first-order valence-electron chi connectivity index (χ1n) is 6.25. The molecule has 106 valence electrons. The number of aromatic nitrogens is 1. The molecule has 0 radical (unpaired) electrons. The molecule has 2 rings (SSSR count). The normalized spacial score (nSPS) is 11.3. The van der Waals surface area contributed by atoms with Gasteiger partial charge in [-0.2, -0.15) is 0 Å². The van der Waals surface area contributed by atoms with E-state index in [-0.39, 0.29) is 10.7 Å². The highest BCUT2D eigenvalue weighted by atomic mass is 79.9. The lowest BCUT2D eigenvalue weighted by Gasteiger charge is -2.09. The molecule has 0 bridgehead atoms. The molecular weight excluding hydrogens is 340 g/mol. The Balaban J connectivity index is 2.24. The molecule has 1 N–H and O–H groups in total. The number of sulfonamides is 1. The van der Waals surface area contributed by atoms with Crippen LogP contribution in [0.25, 0.3) is 0 Å². The van der Waals surface area contributed by atoms with Crippen molar-refractivity contribution in [2.24, 2.45) is 0 Å². The third kappa shape index (κ3) is 3.58. The van der Waals surface area contributed by atoms with E-state index in [0.29, 0.717) is 4.47 Å². The highest BCUT2D eigenvalue weighted by molar-refractivity contribution is 9.10. The van der Waals surface area contributed by atoms with Crippen molar-refractivity contribution in [1.82, 2.24) is 4.98 Å². The summed E-state index contributed by atoms with van der Waals surface area (Å²) in [5.41, 5.74) is 1.13. The number of nitrogens with one attached hydrogen (secondary N) is 1. The van der Waals surface area contributed by atoms with E-state index >= 15 is 0 Å². The molecule has 1 aromatic heterocycles. The summed E-state index contributed by atoms with van der Waals surface area (Å²) in [5.74, 6) is 0.283. The van der Waals surface area contributed by atoms with Gasteiger partial charge in [-0.3, -0.25) is 4.72 Å². The summed E-state index contributed by atoms with van der Waals surface area (Å²) in [4.78, 5) is 4.23. The van der Waals surface area contributed by atoms with Crippen LogP contribution in [-0.2, 0) is 16.4 Å². The van der Waals surface area contributed by atoms with Crippen LogP contribution < -0.4 is 4.72 Å². The Morgan fingerprint density at radius 3 is 2.50 bits per heavy atom. The van der Waals surface area contributed by atoms with Gasteiger partial charge in [-0.15, -0.1) is 0 Å². The second kappa shape index (κ2) is 6.37. The van der Waals surface area contributed by atoms with Crippen LogP contribution >= 0.6 is 15.9 Å². The van der Waals surface area contributed by atoms with Gasteiger partial charge in [-0.05, 0) is 52.2 Å². The predicted octanol–water partition coefficient (Wildman–Crippen LogP) is 3.60. The van der Waals surface area contributed by atoms with Crippen molar-refractivity contribution in [3.8, 4) is 0 Å². The van der Waals surface area contributed by atoms with Crippen molar-refractivity contribution in [2.45, 2.75) is 24.7 Å². The maximum absolute atomic E-state index is 12.3. The Hall–Kier alpha value is -1.40. The average Bonchev–Trinajstić information content (AvgIpc) is 2.42. The van der Waals surface area contributed by atoms with Crippen molar-refractivity contribution >= 4 is 31.8 Å². The molecule has 0 spiro atoms. The molecule has 20 heavy (non-hydrogen) atoms. The molecule has 0 amide bonds. The van der Waals surface area contributed by atoms with Crippen LogP contribution in [0.1, 0.15) is 18.9 Å². The van der Waals surface area contributed by atoms with Gasteiger partial charge in [0.25, 0.3) is 10.0 Å². The van der Waals surface area contributed by atoms with E-state index in [1.165, 1.54) is 6.20 Å². The SMILES string of the molecule is CCCc1ccc(S(=O)(=O)Nc2ncccc2Br)cc1. The molecule has 0 aliphatic carbocycles. The molecule has 2 aromatic rings. The van der Waals surface area contributed by atoms with Crippen molar-refractivity contribution in [3.63, 3.8) is 0 Å². The fourth-order valence-corrected chi connectivity index (χ4v) is 3.29. The van der Waals surface area contributed by atoms with Gasteiger partial charge in [0.15, 0.2) is 5.82 Å². The van der Waals surface area contributed by atoms with Crippen molar-refractivity contribution in [1.29, 1.82) is 0 Å². The van der Waals surface area contributed by atoms with Crippen molar-refractivity contribution in [3.05, 3.63) is 52.6 Å². The van der Waals surface area contributed by atoms with E-state index < -0.39 is 10.0 Å². The Kier molecular flexibility index (Phi) is 4.77. The van der Waals surface area contributed by atoms with Crippen molar-refractivity contribution < 1.29 is 8.42 Å². The lowest BCUT2D eigenvalue weighted by molar-refractivity contribution is 0.601. The number of pyridine rings is 1. The van der Waals surface area contributed by atoms with E-state index in [4.69, 9.17) is 0 Å². The number of aryl methyl sites for hydroxylation is 1. The minimum Gasteiger partial charge on any atom is -0.262 e. The summed E-state index contributed by atoms with van der Waals surface area (Å²) in [7, 11) is -3.61. The standard InChI is InChI=1S/C14H15BrN2O2S/c1-2-4-11-6-8-12(9-7-11)20(18,19)17-14-13(15)5-3-10-16-14/h3,5-10H,2,4H2,1H3,(H,16,17). The van der Waals surface area contributed by atoms with Crippen LogP contribution in [0, 0.1) is 0 Å². The summed E-state index contributed by atoms with van der Waals surface area (Å²) in [6.07, 6.45) is 3.51. The van der Waals surface area contributed by atoms with E-state index in [1.54, 1.807) is 24.3 Å². The van der Waals surface area contributed by atoms with Gasteiger partial charge in [0, 0.05) is 6.20 Å². The molecule has 0 unspecified atom stereocenters. The Morgan fingerprint density at radius 2 is 1.90 bits per heavy atom. The highest BCUT2D eigenvalue weighted by Crippen LogP contribution is 2.22. The summed E-state index contributed by atoms with van der Waals surface area (Å²) in [5, 5.41) is 0. The van der Waals surface area contributed by atoms with Gasteiger partial charge < -0.3 is 0 Å². The summed E-state index contributed by atoms with van der Waals surface area (Å²) in [6, 6.07) is 10.4. The quantitative estimate of drug-likeness (QED) is 0.892. The average molecular weight is 355 g/mol. The smallest absolute Gasteiger partial charge is 0.262 e. The molecule has 4 nitrogen and oxygen atoms in total. The molecular formula is C14H15BrN2O2S. The minimum atomic E-state index is -3.61. The van der Waals surface area contributed by atoms with E-state index in [2.05, 4.69) is 32.6 Å². The summed E-state index contributed by atoms with van der Waals surface area (Å²) < 4.78 is 27.6. The third-order valence-corrected chi connectivity index (χ3v) is 4.76. The largest absolute Gasteiger partial charge is 0.263 e. The number of benzene rings is 1. The maximum Gasteiger partial charge on any atom is 0.263 e. The van der Waals surface area contributed by atoms with Crippen LogP contribution in [0.2, 0.25) is 0 Å². The monoisotopic (exact) mass is 354 g/mol. The first kappa shape index (κ1) is 15.0. The van der Waals surface area contributed by atoms with Gasteiger partial charge in [0.2, 0.25) is 0 Å². The lowest BCUT2D eigenvalue weighted by atomic mass is 10.1. The Labute approximate surface area is 127 Å². The van der Waals surface area contributed by atoms with Crippen LogP contribution in [0.4, 0.5) is 5.82 Å². The van der Waals surface area contributed by atoms with Gasteiger partial charge in [-0.25, -0.2) is 13.4 Å². The number of hydrogen-bond donors (Lipinski definition) is 1. The zero-order chi connectivity index (χ0) is 14.6. The lowest BCUT2D eigenvalue weighted by Crippen LogP contribution is -2.14. The number of anilines is 1. The van der Waals surface area contributed by atoms with Gasteiger partial charge in [0.1, 0.15) is 0 Å². The number of halogens is 1. The van der Waals surface area contributed by atoms with E-state index in [9.17, 15) is 8.42 Å². The minimum absolute atomic E-state index is 0.231. The Morgan fingerprint density at radius 1 is 1.20 bits per heavy atom. The van der Waals surface area contributed by atoms with Gasteiger partial charge in [-0.1, -0.05) is 25.5 Å². The van der Waals surface area contributed by atoms with Crippen LogP contribution in [-0.4, -0.2) is 13.4 Å². The van der Waals surface area contributed by atoms with Gasteiger partial charge >= 0.3 is 0 Å². The molecule has 0 atom stereocenters. The van der Waals surface area contributed by atoms with E-state index in [1.807, 2.05) is 12.1 Å². The Bertz CT molecular complexity index is 685. The zero-order valence-corrected chi connectivity index (χ0v) is 13.4. The molecule has 6 heteroatoms. The molecule has 0 saturated carbocycles. The van der Waals surface area contributed by atoms with Crippen molar-refractivity contribution in [2.75, 3.05) is 4.72 Å². The molecule has 1 heterocycles. The third-order valence-electron chi connectivity index (χ3n) is 2.76. The number of rotatable bonds is 5. The second-order valence-electron chi connectivity index (χ2n) is 4.33. The summed E-state index contributed by atoms with van der Waals surface area (Å²) in [6.45, 7) is 2.09. The number of nitrogens with zero attached hydrogens (tertiary/aromatic N) is 1.